The molecule has 150 valence electrons. The summed E-state index contributed by atoms with van der Waals surface area (Å²) in [7, 11) is 4.44. The highest BCUT2D eigenvalue weighted by Gasteiger charge is 2.21. The highest BCUT2D eigenvalue weighted by molar-refractivity contribution is 5.87. The SMILES string of the molecule is CCOc1ccc(COc2c(OC)cc(C=CC(=O)O)c(OC)c2OC)cc1. The Labute approximate surface area is 164 Å². The van der Waals surface area contributed by atoms with Gasteiger partial charge in [-0.05, 0) is 36.8 Å². The molecule has 0 saturated carbocycles. The van der Waals surface area contributed by atoms with Crippen molar-refractivity contribution < 1.29 is 33.6 Å². The average molecular weight is 388 g/mol. The first kappa shape index (κ1) is 21.0. The molecule has 0 aromatic heterocycles. The molecule has 0 bridgehead atoms. The number of carboxylic acids is 1. The normalized spacial score (nSPS) is 10.6. The summed E-state index contributed by atoms with van der Waals surface area (Å²) in [4.78, 5) is 10.8. The van der Waals surface area contributed by atoms with Gasteiger partial charge in [-0.2, -0.15) is 0 Å². The Balaban J connectivity index is 2.35. The summed E-state index contributed by atoms with van der Waals surface area (Å²) in [5.41, 5.74) is 1.42. The lowest BCUT2D eigenvalue weighted by atomic mass is 10.1. The fourth-order valence-corrected chi connectivity index (χ4v) is 2.59. The van der Waals surface area contributed by atoms with Crippen LogP contribution in [0.2, 0.25) is 0 Å². The van der Waals surface area contributed by atoms with Gasteiger partial charge in [0.05, 0.1) is 27.9 Å². The van der Waals surface area contributed by atoms with Gasteiger partial charge in [-0.1, -0.05) is 12.1 Å². The number of methoxy groups -OCH3 is 3. The molecule has 0 radical (unpaired) electrons. The Morgan fingerprint density at radius 2 is 1.64 bits per heavy atom. The summed E-state index contributed by atoms with van der Waals surface area (Å²) in [5.74, 6) is 1.14. The molecule has 0 heterocycles. The molecule has 28 heavy (non-hydrogen) atoms. The Bertz CT molecular complexity index is 826. The van der Waals surface area contributed by atoms with E-state index in [4.69, 9.17) is 28.8 Å². The minimum Gasteiger partial charge on any atom is -0.494 e. The van der Waals surface area contributed by atoms with Crippen molar-refractivity contribution in [3.63, 3.8) is 0 Å². The quantitative estimate of drug-likeness (QED) is 0.620. The second-order valence-electron chi connectivity index (χ2n) is 5.60. The van der Waals surface area contributed by atoms with Crippen molar-refractivity contribution in [1.29, 1.82) is 0 Å². The lowest BCUT2D eigenvalue weighted by Gasteiger charge is -2.19. The van der Waals surface area contributed by atoms with Gasteiger partial charge in [0.15, 0.2) is 11.5 Å². The maximum absolute atomic E-state index is 10.8. The average Bonchev–Trinajstić information content (AvgIpc) is 2.70. The van der Waals surface area contributed by atoms with Gasteiger partial charge in [0.1, 0.15) is 12.4 Å². The van der Waals surface area contributed by atoms with Gasteiger partial charge in [-0.3, -0.25) is 0 Å². The predicted octanol–water partition coefficient (Wildman–Crippen LogP) is 3.79. The molecule has 2 aromatic carbocycles. The van der Waals surface area contributed by atoms with Crippen LogP contribution in [0.15, 0.2) is 36.4 Å². The van der Waals surface area contributed by atoms with Crippen molar-refractivity contribution in [3.8, 4) is 28.7 Å². The third kappa shape index (κ3) is 5.09. The number of hydrogen-bond acceptors (Lipinski definition) is 6. The molecule has 7 heteroatoms. The molecule has 1 N–H and O–H groups in total. The second kappa shape index (κ2) is 10.1. The standard InChI is InChI=1S/C21H24O7/c1-5-27-16-9-6-14(7-10-16)13-28-20-17(24-2)12-15(8-11-18(22)23)19(25-3)21(20)26-4/h6-12H,5,13H2,1-4H3,(H,22,23). The molecule has 0 atom stereocenters. The number of ether oxygens (including phenoxy) is 5. The van der Waals surface area contributed by atoms with Crippen molar-refractivity contribution in [3.05, 3.63) is 47.5 Å². The lowest BCUT2D eigenvalue weighted by Crippen LogP contribution is -2.03. The summed E-state index contributed by atoms with van der Waals surface area (Å²) in [5, 5.41) is 8.89. The van der Waals surface area contributed by atoms with Crippen LogP contribution < -0.4 is 23.7 Å². The summed E-state index contributed by atoms with van der Waals surface area (Å²) in [6, 6.07) is 9.19. The van der Waals surface area contributed by atoms with E-state index in [9.17, 15) is 4.79 Å². The van der Waals surface area contributed by atoms with Crippen molar-refractivity contribution in [2.24, 2.45) is 0 Å². The topological polar surface area (TPSA) is 83.5 Å². The van der Waals surface area contributed by atoms with E-state index in [-0.39, 0.29) is 6.61 Å². The number of aliphatic carboxylic acids is 1. The van der Waals surface area contributed by atoms with E-state index in [1.807, 2.05) is 31.2 Å². The Hall–Kier alpha value is -3.35. The highest BCUT2D eigenvalue weighted by Crippen LogP contribution is 2.47. The molecule has 0 aliphatic carbocycles. The lowest BCUT2D eigenvalue weighted by molar-refractivity contribution is -0.131. The molecule has 2 aromatic rings. The second-order valence-corrected chi connectivity index (χ2v) is 5.60. The van der Waals surface area contributed by atoms with Crippen LogP contribution in [0.25, 0.3) is 6.08 Å². The highest BCUT2D eigenvalue weighted by atomic mass is 16.5. The molecule has 0 aliphatic rings. The number of carboxylic acid groups (broad SMARTS) is 1. The van der Waals surface area contributed by atoms with Crippen molar-refractivity contribution in [1.82, 2.24) is 0 Å². The molecule has 0 aliphatic heterocycles. The fourth-order valence-electron chi connectivity index (χ4n) is 2.59. The Morgan fingerprint density at radius 1 is 0.964 bits per heavy atom. The maximum Gasteiger partial charge on any atom is 0.328 e. The van der Waals surface area contributed by atoms with Gasteiger partial charge in [-0.25, -0.2) is 4.79 Å². The third-order valence-electron chi connectivity index (χ3n) is 3.84. The van der Waals surface area contributed by atoms with Crippen molar-refractivity contribution in [2.75, 3.05) is 27.9 Å². The summed E-state index contributed by atoms with van der Waals surface area (Å²) < 4.78 is 27.7. The fraction of sp³-hybridized carbons (Fsp3) is 0.286. The zero-order valence-corrected chi connectivity index (χ0v) is 16.4. The van der Waals surface area contributed by atoms with Crippen molar-refractivity contribution in [2.45, 2.75) is 13.5 Å². The number of benzene rings is 2. The van der Waals surface area contributed by atoms with E-state index in [0.717, 1.165) is 17.4 Å². The third-order valence-corrected chi connectivity index (χ3v) is 3.84. The summed E-state index contributed by atoms with van der Waals surface area (Å²) in [6.45, 7) is 2.80. The predicted molar refractivity (Wildman–Crippen MR) is 105 cm³/mol. The van der Waals surface area contributed by atoms with E-state index in [2.05, 4.69) is 0 Å². The number of carbonyl (C=O) groups is 1. The smallest absolute Gasteiger partial charge is 0.328 e. The van der Waals surface area contributed by atoms with Crippen LogP contribution in [0, 0.1) is 0 Å². The Kier molecular flexibility index (Phi) is 7.56. The molecule has 0 spiro atoms. The van der Waals surface area contributed by atoms with Gasteiger partial charge in [0, 0.05) is 11.6 Å². The molecule has 0 saturated heterocycles. The van der Waals surface area contributed by atoms with E-state index < -0.39 is 5.97 Å². The molecule has 0 amide bonds. The molecular weight excluding hydrogens is 364 g/mol. The van der Waals surface area contributed by atoms with Crippen LogP contribution in [-0.4, -0.2) is 39.0 Å². The zero-order chi connectivity index (χ0) is 20.5. The minimum atomic E-state index is -1.07. The number of rotatable bonds is 10. The van der Waals surface area contributed by atoms with Crippen LogP contribution in [-0.2, 0) is 11.4 Å². The maximum atomic E-state index is 10.8. The summed E-state index contributed by atoms with van der Waals surface area (Å²) in [6.07, 6.45) is 2.42. The van der Waals surface area contributed by atoms with Crippen LogP contribution >= 0.6 is 0 Å². The minimum absolute atomic E-state index is 0.270. The van der Waals surface area contributed by atoms with E-state index in [1.54, 1.807) is 6.07 Å². The summed E-state index contributed by atoms with van der Waals surface area (Å²) >= 11 is 0. The van der Waals surface area contributed by atoms with Gasteiger partial charge in [0.25, 0.3) is 0 Å². The van der Waals surface area contributed by atoms with Crippen LogP contribution in [0.4, 0.5) is 0 Å². The molecule has 0 fully saturated rings. The first-order chi connectivity index (χ1) is 13.5. The largest absolute Gasteiger partial charge is 0.494 e. The van der Waals surface area contributed by atoms with Gasteiger partial charge >= 0.3 is 5.97 Å². The zero-order valence-electron chi connectivity index (χ0n) is 16.4. The Morgan fingerprint density at radius 3 is 2.18 bits per heavy atom. The molecule has 2 rings (SSSR count). The first-order valence-electron chi connectivity index (χ1n) is 8.62. The molecule has 0 unspecified atom stereocenters. The molecule has 7 nitrogen and oxygen atoms in total. The van der Waals surface area contributed by atoms with Gasteiger partial charge in [-0.15, -0.1) is 0 Å². The monoisotopic (exact) mass is 388 g/mol. The first-order valence-corrected chi connectivity index (χ1v) is 8.62. The van der Waals surface area contributed by atoms with Crippen LogP contribution in [0.1, 0.15) is 18.1 Å². The van der Waals surface area contributed by atoms with E-state index >= 15 is 0 Å². The number of hydrogen-bond donors (Lipinski definition) is 1. The van der Waals surface area contributed by atoms with Gasteiger partial charge < -0.3 is 28.8 Å². The van der Waals surface area contributed by atoms with Crippen LogP contribution in [0.3, 0.4) is 0 Å². The van der Waals surface area contributed by atoms with Gasteiger partial charge in [0.2, 0.25) is 11.5 Å². The molecular formula is C21H24O7. The van der Waals surface area contributed by atoms with E-state index in [1.165, 1.54) is 27.4 Å². The van der Waals surface area contributed by atoms with Crippen LogP contribution in [0.5, 0.6) is 28.7 Å². The van der Waals surface area contributed by atoms with E-state index in [0.29, 0.717) is 35.2 Å². The van der Waals surface area contributed by atoms with Crippen molar-refractivity contribution >= 4 is 12.0 Å².